The molecule has 1 nitrogen and oxygen atoms in total. The Balaban J connectivity index is 2.81. The molecule has 2 rings (SSSR count). The molecule has 0 atom stereocenters. The number of hydrogen-bond acceptors (Lipinski definition) is 1. The maximum Gasteiger partial charge on any atom is 0.433 e. The van der Waals surface area contributed by atoms with Crippen LogP contribution in [0.5, 0.6) is 0 Å². The van der Waals surface area contributed by atoms with Crippen LogP contribution in [0.1, 0.15) is 5.69 Å². The Hall–Kier alpha value is 0.340. The molecule has 0 unspecified atom stereocenters. The molecule has 1 heterocycles. The molecule has 0 aliphatic rings. The van der Waals surface area contributed by atoms with Gasteiger partial charge in [-0.15, -0.1) is 0 Å². The largest absolute Gasteiger partial charge is 0.433 e. The molecular formula is C12H2Cl5F3IN. The van der Waals surface area contributed by atoms with Gasteiger partial charge in [-0.2, -0.15) is 13.2 Å². The zero-order chi connectivity index (χ0) is 16.8. The molecule has 0 fully saturated rings. The van der Waals surface area contributed by atoms with Crippen molar-refractivity contribution in [1.82, 2.24) is 4.98 Å². The molecule has 0 aliphatic carbocycles. The van der Waals surface area contributed by atoms with Gasteiger partial charge in [-0.05, 0) is 40.3 Å². The van der Waals surface area contributed by atoms with Gasteiger partial charge in [0.15, 0.2) is 0 Å². The van der Waals surface area contributed by atoms with Crippen molar-refractivity contribution in [2.24, 2.45) is 0 Å². The molecule has 0 saturated carbocycles. The molecule has 118 valence electrons. The second kappa shape index (κ2) is 6.69. The molecule has 1 aromatic heterocycles. The van der Waals surface area contributed by atoms with Crippen LogP contribution in [0.2, 0.25) is 25.1 Å². The zero-order valence-corrected chi connectivity index (χ0v) is 15.9. The molecule has 0 spiro atoms. The molecule has 22 heavy (non-hydrogen) atoms. The van der Waals surface area contributed by atoms with Gasteiger partial charge in [0.05, 0.1) is 25.1 Å². The van der Waals surface area contributed by atoms with E-state index in [-0.39, 0.29) is 39.9 Å². The molecule has 0 N–H and O–H groups in total. The average Bonchev–Trinajstić information content (AvgIpc) is 2.42. The quantitative estimate of drug-likeness (QED) is 0.163. The minimum atomic E-state index is -4.62. The van der Waals surface area contributed by atoms with E-state index in [0.29, 0.717) is 0 Å². The number of alkyl halides is 3. The molecule has 2 aromatic rings. The fourth-order valence-corrected chi connectivity index (χ4v) is 3.60. The number of benzene rings is 1. The van der Waals surface area contributed by atoms with Gasteiger partial charge >= 0.3 is 6.18 Å². The van der Waals surface area contributed by atoms with Crippen LogP contribution in [0.4, 0.5) is 13.2 Å². The van der Waals surface area contributed by atoms with Crippen molar-refractivity contribution >= 4 is 80.6 Å². The van der Waals surface area contributed by atoms with Gasteiger partial charge < -0.3 is 0 Å². The van der Waals surface area contributed by atoms with Gasteiger partial charge in [0, 0.05) is 5.56 Å². The molecule has 0 saturated heterocycles. The molecule has 0 bridgehead atoms. The number of pyridine rings is 1. The fraction of sp³-hybridized carbons (Fsp3) is 0.0833. The second-order valence-electron chi connectivity index (χ2n) is 4.01. The third-order valence-electron chi connectivity index (χ3n) is 2.58. The first-order valence-electron chi connectivity index (χ1n) is 5.30. The van der Waals surface area contributed by atoms with Crippen molar-refractivity contribution in [1.29, 1.82) is 0 Å². The summed E-state index contributed by atoms with van der Waals surface area (Å²) in [6.07, 6.45) is -4.62. The van der Waals surface area contributed by atoms with Crippen molar-refractivity contribution < 1.29 is 13.2 Å². The van der Waals surface area contributed by atoms with Crippen molar-refractivity contribution in [2.75, 3.05) is 0 Å². The highest BCUT2D eigenvalue weighted by molar-refractivity contribution is 14.1. The summed E-state index contributed by atoms with van der Waals surface area (Å²) in [5.74, 6) is 0. The smallest absolute Gasteiger partial charge is 0.237 e. The number of halogens is 9. The van der Waals surface area contributed by atoms with Crippen LogP contribution >= 0.6 is 80.6 Å². The van der Waals surface area contributed by atoms with Gasteiger partial charge in [0.25, 0.3) is 0 Å². The molecule has 1 aromatic carbocycles. The normalized spacial score (nSPS) is 11.9. The highest BCUT2D eigenvalue weighted by Gasteiger charge is 2.34. The first kappa shape index (κ1) is 18.7. The van der Waals surface area contributed by atoms with Crippen LogP contribution in [0.15, 0.2) is 12.1 Å². The molecule has 0 radical (unpaired) electrons. The third kappa shape index (κ3) is 3.54. The van der Waals surface area contributed by atoms with Gasteiger partial charge in [-0.3, -0.25) is 0 Å². The van der Waals surface area contributed by atoms with E-state index < -0.39 is 11.9 Å². The third-order valence-corrected chi connectivity index (χ3v) is 5.41. The average molecular weight is 521 g/mol. The van der Waals surface area contributed by atoms with E-state index in [0.717, 1.165) is 6.07 Å². The van der Waals surface area contributed by atoms with Crippen LogP contribution in [-0.4, -0.2) is 4.98 Å². The summed E-state index contributed by atoms with van der Waals surface area (Å²) in [5, 5.41) is -0.421. The van der Waals surface area contributed by atoms with E-state index in [1.807, 2.05) is 0 Å². The zero-order valence-electron chi connectivity index (χ0n) is 10.0. The number of aromatic nitrogens is 1. The number of hydrogen-bond donors (Lipinski definition) is 0. The first-order chi connectivity index (χ1) is 10.0. The standard InChI is InChI=1S/C12H2Cl5F3IN/c13-7-6(8(14)10(16)11(17)9(7)15)3-1-4(12(18,19)20)22-5(21)2-3/h1-2H. The Labute approximate surface area is 161 Å². The van der Waals surface area contributed by atoms with Crippen LogP contribution < -0.4 is 0 Å². The second-order valence-corrected chi connectivity index (χ2v) is 7.00. The Morgan fingerprint density at radius 2 is 1.27 bits per heavy atom. The highest BCUT2D eigenvalue weighted by atomic mass is 127. The van der Waals surface area contributed by atoms with E-state index in [9.17, 15) is 13.2 Å². The van der Waals surface area contributed by atoms with E-state index in [1.54, 1.807) is 22.6 Å². The summed E-state index contributed by atoms with van der Waals surface area (Å²) in [4.78, 5) is 3.44. The van der Waals surface area contributed by atoms with E-state index >= 15 is 0 Å². The Kier molecular flexibility index (Phi) is 5.68. The van der Waals surface area contributed by atoms with Crippen molar-refractivity contribution in [3.63, 3.8) is 0 Å². The summed E-state index contributed by atoms with van der Waals surface area (Å²) < 4.78 is 38.8. The topological polar surface area (TPSA) is 12.9 Å². The summed E-state index contributed by atoms with van der Waals surface area (Å²) in [6, 6.07) is 2.19. The lowest BCUT2D eigenvalue weighted by atomic mass is 10.1. The van der Waals surface area contributed by atoms with E-state index in [4.69, 9.17) is 58.0 Å². The summed E-state index contributed by atoms with van der Waals surface area (Å²) in [7, 11) is 0. The Morgan fingerprint density at radius 1 is 0.818 bits per heavy atom. The van der Waals surface area contributed by atoms with Crippen molar-refractivity contribution in [3.05, 3.63) is 46.6 Å². The van der Waals surface area contributed by atoms with Crippen molar-refractivity contribution in [3.8, 4) is 11.1 Å². The number of nitrogens with zero attached hydrogens (tertiary/aromatic N) is 1. The van der Waals surface area contributed by atoms with Crippen LogP contribution in [0.25, 0.3) is 11.1 Å². The van der Waals surface area contributed by atoms with Gasteiger partial charge in [-0.1, -0.05) is 58.0 Å². The van der Waals surface area contributed by atoms with E-state index in [1.165, 1.54) is 6.07 Å². The summed E-state index contributed by atoms with van der Waals surface area (Å²) in [6.45, 7) is 0. The SMILES string of the molecule is FC(F)(F)c1cc(-c2c(Cl)c(Cl)c(Cl)c(Cl)c2Cl)cc(I)n1. The number of rotatable bonds is 1. The van der Waals surface area contributed by atoms with Crippen LogP contribution in [0, 0.1) is 3.70 Å². The Morgan fingerprint density at radius 3 is 1.73 bits per heavy atom. The monoisotopic (exact) mass is 519 g/mol. The molecule has 0 aliphatic heterocycles. The van der Waals surface area contributed by atoms with Gasteiger partial charge in [-0.25, -0.2) is 4.98 Å². The Bertz CT molecular complexity index is 734. The van der Waals surface area contributed by atoms with Crippen molar-refractivity contribution in [2.45, 2.75) is 6.18 Å². The van der Waals surface area contributed by atoms with Crippen LogP contribution in [-0.2, 0) is 6.18 Å². The lowest BCUT2D eigenvalue weighted by Crippen LogP contribution is -2.09. The molecular weight excluding hydrogens is 519 g/mol. The maximum atomic E-state index is 12.9. The summed E-state index contributed by atoms with van der Waals surface area (Å²) in [5.41, 5.74) is -0.931. The fourth-order valence-electron chi connectivity index (χ4n) is 1.64. The van der Waals surface area contributed by atoms with Crippen LogP contribution in [0.3, 0.4) is 0 Å². The predicted octanol–water partition coefficient (Wildman–Crippen LogP) is 7.64. The molecule has 0 amide bonds. The highest BCUT2D eigenvalue weighted by Crippen LogP contribution is 2.48. The first-order valence-corrected chi connectivity index (χ1v) is 8.27. The minimum Gasteiger partial charge on any atom is -0.237 e. The maximum absolute atomic E-state index is 12.9. The minimum absolute atomic E-state index is 0.0635. The van der Waals surface area contributed by atoms with Gasteiger partial charge in [0.1, 0.15) is 9.39 Å². The predicted molar refractivity (Wildman–Crippen MR) is 92.4 cm³/mol. The molecule has 10 heteroatoms. The lowest BCUT2D eigenvalue weighted by Gasteiger charge is -2.14. The summed E-state index contributed by atoms with van der Waals surface area (Å²) >= 11 is 31.5. The van der Waals surface area contributed by atoms with E-state index in [2.05, 4.69) is 4.98 Å². The van der Waals surface area contributed by atoms with Gasteiger partial charge in [0.2, 0.25) is 0 Å². The lowest BCUT2D eigenvalue weighted by molar-refractivity contribution is -0.141.